The molecule has 1 aromatic carbocycles. The highest BCUT2D eigenvalue weighted by Gasteiger charge is 2.00. The zero-order chi connectivity index (χ0) is 12.8. The van der Waals surface area contributed by atoms with Gasteiger partial charge in [-0.05, 0) is 24.5 Å². The second-order valence-corrected chi connectivity index (χ2v) is 4.50. The van der Waals surface area contributed by atoms with Crippen LogP contribution in [0.1, 0.15) is 16.1 Å². The summed E-state index contributed by atoms with van der Waals surface area (Å²) < 4.78 is 0. The van der Waals surface area contributed by atoms with Gasteiger partial charge in [-0.25, -0.2) is 9.97 Å². The Balaban J connectivity index is 1.98. The summed E-state index contributed by atoms with van der Waals surface area (Å²) in [5.74, 6) is -0.0178. The van der Waals surface area contributed by atoms with E-state index in [0.717, 1.165) is 5.69 Å². The van der Waals surface area contributed by atoms with Crippen molar-refractivity contribution in [2.75, 3.05) is 0 Å². The van der Waals surface area contributed by atoms with Gasteiger partial charge < -0.3 is 0 Å². The van der Waals surface area contributed by atoms with E-state index in [4.69, 9.17) is 0 Å². The molecule has 0 aliphatic rings. The third kappa shape index (κ3) is 3.53. The van der Waals surface area contributed by atoms with Gasteiger partial charge in [-0.15, -0.1) is 0 Å². The fourth-order valence-electron chi connectivity index (χ4n) is 1.34. The molecule has 2 aromatic rings. The lowest BCUT2D eigenvalue weighted by Crippen LogP contribution is -1.92. The maximum absolute atomic E-state index is 11.8. The van der Waals surface area contributed by atoms with E-state index in [0.29, 0.717) is 10.7 Å². The minimum absolute atomic E-state index is 0.0178. The molecular formula is C14H12N2OS. The van der Waals surface area contributed by atoms with Gasteiger partial charge in [0.15, 0.2) is 10.9 Å². The number of hydrogen-bond donors (Lipinski definition) is 0. The van der Waals surface area contributed by atoms with Gasteiger partial charge in [-0.1, -0.05) is 42.1 Å². The number of thioether (sulfide) groups is 1. The second kappa shape index (κ2) is 6.12. The van der Waals surface area contributed by atoms with Crippen LogP contribution in [0.25, 0.3) is 0 Å². The second-order valence-electron chi connectivity index (χ2n) is 3.63. The highest BCUT2D eigenvalue weighted by atomic mass is 32.2. The summed E-state index contributed by atoms with van der Waals surface area (Å²) >= 11 is 1.33. The molecule has 0 fully saturated rings. The van der Waals surface area contributed by atoms with Crippen LogP contribution < -0.4 is 0 Å². The predicted octanol–water partition coefficient (Wildman–Crippen LogP) is 3.27. The van der Waals surface area contributed by atoms with Gasteiger partial charge >= 0.3 is 0 Å². The van der Waals surface area contributed by atoms with E-state index in [9.17, 15) is 4.79 Å². The molecule has 0 saturated carbocycles. The molecule has 0 aliphatic carbocycles. The van der Waals surface area contributed by atoms with Crippen molar-refractivity contribution in [1.29, 1.82) is 0 Å². The first-order chi connectivity index (χ1) is 8.75. The summed E-state index contributed by atoms with van der Waals surface area (Å²) in [5, 5.41) is 2.36. The molecule has 0 radical (unpaired) electrons. The molecule has 0 saturated heterocycles. The first-order valence-corrected chi connectivity index (χ1v) is 6.36. The summed E-state index contributed by atoms with van der Waals surface area (Å²) in [6, 6.07) is 11.0. The average Bonchev–Trinajstić information content (AvgIpc) is 2.40. The summed E-state index contributed by atoms with van der Waals surface area (Å²) in [6.07, 6.45) is 3.24. The highest BCUT2D eigenvalue weighted by Crippen LogP contribution is 2.14. The number of aryl methyl sites for hydroxylation is 1. The normalized spacial score (nSPS) is 10.7. The third-order valence-corrected chi connectivity index (χ3v) is 2.90. The van der Waals surface area contributed by atoms with Crippen LogP contribution in [-0.4, -0.2) is 15.8 Å². The number of ketones is 1. The first-order valence-electron chi connectivity index (χ1n) is 5.48. The van der Waals surface area contributed by atoms with Gasteiger partial charge in [-0.3, -0.25) is 4.79 Å². The van der Waals surface area contributed by atoms with Crippen molar-refractivity contribution in [3.8, 4) is 0 Å². The molecule has 0 amide bonds. The number of allylic oxidation sites excluding steroid dienone is 1. The Labute approximate surface area is 110 Å². The number of aromatic nitrogens is 2. The van der Waals surface area contributed by atoms with E-state index in [2.05, 4.69) is 9.97 Å². The highest BCUT2D eigenvalue weighted by molar-refractivity contribution is 8.02. The van der Waals surface area contributed by atoms with Gasteiger partial charge in [0.1, 0.15) is 0 Å². The third-order valence-electron chi connectivity index (χ3n) is 2.22. The largest absolute Gasteiger partial charge is 0.289 e. The SMILES string of the molecule is Cc1ccnc(SC=CC(=O)c2ccccc2)n1. The van der Waals surface area contributed by atoms with Crippen molar-refractivity contribution in [3.05, 3.63) is 65.3 Å². The van der Waals surface area contributed by atoms with E-state index in [1.54, 1.807) is 23.7 Å². The molecule has 90 valence electrons. The number of hydrogen-bond acceptors (Lipinski definition) is 4. The predicted molar refractivity (Wildman–Crippen MR) is 72.5 cm³/mol. The number of rotatable bonds is 4. The van der Waals surface area contributed by atoms with Crippen LogP contribution in [0.5, 0.6) is 0 Å². The fourth-order valence-corrected chi connectivity index (χ4v) is 1.97. The smallest absolute Gasteiger partial charge is 0.192 e. The Hall–Kier alpha value is -1.94. The van der Waals surface area contributed by atoms with Crippen molar-refractivity contribution >= 4 is 17.5 Å². The van der Waals surface area contributed by atoms with Crippen LogP contribution in [0.2, 0.25) is 0 Å². The average molecular weight is 256 g/mol. The van der Waals surface area contributed by atoms with Gasteiger partial charge in [0.05, 0.1) is 0 Å². The molecule has 0 atom stereocenters. The van der Waals surface area contributed by atoms with Crippen molar-refractivity contribution in [1.82, 2.24) is 9.97 Å². The molecule has 4 heteroatoms. The minimum atomic E-state index is -0.0178. The first kappa shape index (κ1) is 12.5. The van der Waals surface area contributed by atoms with Gasteiger partial charge in [-0.2, -0.15) is 0 Å². The van der Waals surface area contributed by atoms with E-state index >= 15 is 0 Å². The monoisotopic (exact) mass is 256 g/mol. The lowest BCUT2D eigenvalue weighted by molar-refractivity contribution is 0.104. The summed E-state index contributed by atoms with van der Waals surface area (Å²) in [6.45, 7) is 1.91. The molecule has 0 N–H and O–H groups in total. The number of carbonyl (C=O) groups is 1. The van der Waals surface area contributed by atoms with Gasteiger partial charge in [0, 0.05) is 17.5 Å². The zero-order valence-electron chi connectivity index (χ0n) is 9.91. The van der Waals surface area contributed by atoms with Crippen LogP contribution in [0.4, 0.5) is 0 Å². The minimum Gasteiger partial charge on any atom is -0.289 e. The summed E-state index contributed by atoms with van der Waals surface area (Å²) in [7, 11) is 0. The molecule has 1 heterocycles. The maximum atomic E-state index is 11.8. The Morgan fingerprint density at radius 1 is 1.22 bits per heavy atom. The van der Waals surface area contributed by atoms with Crippen molar-refractivity contribution in [2.24, 2.45) is 0 Å². The van der Waals surface area contributed by atoms with Crippen LogP contribution in [0.15, 0.2) is 59.2 Å². The molecule has 0 aliphatic heterocycles. The van der Waals surface area contributed by atoms with E-state index in [1.807, 2.05) is 31.2 Å². The van der Waals surface area contributed by atoms with Crippen molar-refractivity contribution in [3.63, 3.8) is 0 Å². The van der Waals surface area contributed by atoms with E-state index < -0.39 is 0 Å². The van der Waals surface area contributed by atoms with Crippen LogP contribution in [-0.2, 0) is 0 Å². The van der Waals surface area contributed by atoms with E-state index in [-0.39, 0.29) is 5.78 Å². The van der Waals surface area contributed by atoms with Crippen LogP contribution in [0.3, 0.4) is 0 Å². The number of nitrogens with zero attached hydrogens (tertiary/aromatic N) is 2. The molecule has 2 rings (SSSR count). The number of benzene rings is 1. The Morgan fingerprint density at radius 2 is 2.00 bits per heavy atom. The maximum Gasteiger partial charge on any atom is 0.192 e. The zero-order valence-corrected chi connectivity index (χ0v) is 10.7. The molecule has 0 spiro atoms. The summed E-state index contributed by atoms with van der Waals surface area (Å²) in [4.78, 5) is 20.1. The molecule has 0 bridgehead atoms. The lowest BCUT2D eigenvalue weighted by atomic mass is 10.1. The van der Waals surface area contributed by atoms with Crippen molar-refractivity contribution < 1.29 is 4.79 Å². The van der Waals surface area contributed by atoms with Gasteiger partial charge in [0.2, 0.25) is 0 Å². The van der Waals surface area contributed by atoms with E-state index in [1.165, 1.54) is 17.8 Å². The number of carbonyl (C=O) groups excluding carboxylic acids is 1. The quantitative estimate of drug-likeness (QED) is 0.364. The molecular weight excluding hydrogens is 244 g/mol. The molecule has 3 nitrogen and oxygen atoms in total. The molecule has 0 unspecified atom stereocenters. The van der Waals surface area contributed by atoms with Crippen LogP contribution >= 0.6 is 11.8 Å². The van der Waals surface area contributed by atoms with Crippen molar-refractivity contribution in [2.45, 2.75) is 12.1 Å². The molecule has 18 heavy (non-hydrogen) atoms. The Bertz CT molecular complexity index is 567. The van der Waals surface area contributed by atoms with Gasteiger partial charge in [0.25, 0.3) is 0 Å². The lowest BCUT2D eigenvalue weighted by Gasteiger charge is -1.96. The Kier molecular flexibility index (Phi) is 4.25. The Morgan fingerprint density at radius 3 is 2.72 bits per heavy atom. The molecule has 1 aromatic heterocycles. The summed E-state index contributed by atoms with van der Waals surface area (Å²) in [5.41, 5.74) is 1.59. The topological polar surface area (TPSA) is 42.9 Å². The standard InChI is InChI=1S/C14H12N2OS/c1-11-7-9-15-14(16-11)18-10-8-13(17)12-5-3-2-4-6-12/h2-10H,1H3. The fraction of sp³-hybridized carbons (Fsp3) is 0.0714. The van der Waals surface area contributed by atoms with Crippen LogP contribution in [0, 0.1) is 6.92 Å².